The van der Waals surface area contributed by atoms with Gasteiger partial charge in [0.15, 0.2) is 10.9 Å². The fourth-order valence-corrected chi connectivity index (χ4v) is 2.75. The number of aromatic nitrogens is 4. The first-order valence-corrected chi connectivity index (χ1v) is 8.87. The predicted octanol–water partition coefficient (Wildman–Crippen LogP) is 3.43. The Labute approximate surface area is 161 Å². The van der Waals surface area contributed by atoms with Crippen molar-refractivity contribution in [1.29, 1.82) is 0 Å². The minimum atomic E-state index is -0.252. The molecule has 0 fully saturated rings. The van der Waals surface area contributed by atoms with Crippen molar-refractivity contribution in [1.82, 2.24) is 24.9 Å². The summed E-state index contributed by atoms with van der Waals surface area (Å²) < 4.78 is 17.1. The van der Waals surface area contributed by atoms with Crippen LogP contribution in [0.25, 0.3) is 0 Å². The minimum absolute atomic E-state index is 0.252. The van der Waals surface area contributed by atoms with E-state index in [1.54, 1.807) is 46.0 Å². The maximum absolute atomic E-state index is 13.7. The van der Waals surface area contributed by atoms with E-state index < -0.39 is 0 Å². The van der Waals surface area contributed by atoms with Gasteiger partial charge < -0.3 is 10.6 Å². The van der Waals surface area contributed by atoms with E-state index in [0.29, 0.717) is 34.6 Å². The van der Waals surface area contributed by atoms with Crippen molar-refractivity contribution in [2.45, 2.75) is 26.6 Å². The first kappa shape index (κ1) is 18.3. The summed E-state index contributed by atoms with van der Waals surface area (Å²) in [5, 5.41) is 15.7. The molecule has 2 heterocycles. The predicted molar refractivity (Wildman–Crippen MR) is 104 cm³/mol. The van der Waals surface area contributed by atoms with Gasteiger partial charge in [0.05, 0.1) is 18.1 Å². The summed E-state index contributed by atoms with van der Waals surface area (Å²) in [6.45, 7) is 3.50. The van der Waals surface area contributed by atoms with Gasteiger partial charge in [-0.1, -0.05) is 29.8 Å². The third kappa shape index (κ3) is 4.59. The highest BCUT2D eigenvalue weighted by molar-refractivity contribution is 7.80. The average Bonchev–Trinajstić information content (AvgIpc) is 3.21. The molecule has 3 aromatic rings. The number of hydrogen-bond donors (Lipinski definition) is 2. The number of aryl methyl sites for hydroxylation is 1. The van der Waals surface area contributed by atoms with Crippen LogP contribution in [0.15, 0.2) is 42.7 Å². The number of nitrogens with zero attached hydrogens (tertiary/aromatic N) is 4. The molecule has 0 aliphatic rings. The molecule has 0 atom stereocenters. The summed E-state index contributed by atoms with van der Waals surface area (Å²) in [7, 11) is 0. The van der Waals surface area contributed by atoms with E-state index in [1.165, 1.54) is 6.07 Å². The largest absolute Gasteiger partial charge is 0.357 e. The molecule has 6 nitrogen and oxygen atoms in total. The van der Waals surface area contributed by atoms with Crippen molar-refractivity contribution < 1.29 is 4.39 Å². The fourth-order valence-electron chi connectivity index (χ4n) is 2.36. The first-order valence-electron chi connectivity index (χ1n) is 8.08. The number of benzene rings is 1. The zero-order valence-electron chi connectivity index (χ0n) is 14.1. The molecular formula is C17H18ClFN6S. The first-order chi connectivity index (χ1) is 12.5. The molecule has 3 rings (SSSR count). The van der Waals surface area contributed by atoms with E-state index in [9.17, 15) is 4.39 Å². The van der Waals surface area contributed by atoms with Gasteiger partial charge in [0.2, 0.25) is 0 Å². The molecule has 26 heavy (non-hydrogen) atoms. The molecule has 1 aromatic carbocycles. The molecule has 0 amide bonds. The lowest BCUT2D eigenvalue weighted by Crippen LogP contribution is -2.28. The van der Waals surface area contributed by atoms with Crippen molar-refractivity contribution in [3.8, 4) is 0 Å². The highest BCUT2D eigenvalue weighted by atomic mass is 35.5. The van der Waals surface area contributed by atoms with Crippen LogP contribution >= 0.6 is 23.8 Å². The summed E-state index contributed by atoms with van der Waals surface area (Å²) in [5.74, 6) is 0.321. The lowest BCUT2D eigenvalue weighted by atomic mass is 10.2. The Bertz CT molecular complexity index is 906. The third-order valence-electron chi connectivity index (χ3n) is 3.70. The fraction of sp³-hybridized carbons (Fsp3) is 0.235. The van der Waals surface area contributed by atoms with Crippen LogP contribution in [-0.2, 0) is 19.6 Å². The molecule has 136 valence electrons. The Balaban J connectivity index is 1.54. The summed E-state index contributed by atoms with van der Waals surface area (Å²) in [5.41, 5.74) is 1.30. The van der Waals surface area contributed by atoms with Crippen LogP contribution in [0, 0.1) is 5.82 Å². The Hall–Kier alpha value is -2.45. The molecule has 0 bridgehead atoms. The van der Waals surface area contributed by atoms with Crippen molar-refractivity contribution in [2.24, 2.45) is 0 Å². The number of halogens is 2. The van der Waals surface area contributed by atoms with Crippen LogP contribution < -0.4 is 10.6 Å². The molecule has 0 radical (unpaired) electrons. The summed E-state index contributed by atoms with van der Waals surface area (Å²) >= 11 is 11.4. The van der Waals surface area contributed by atoms with Gasteiger partial charge in [0, 0.05) is 30.6 Å². The second-order valence-corrected chi connectivity index (χ2v) is 6.39. The van der Waals surface area contributed by atoms with Crippen molar-refractivity contribution >= 4 is 34.7 Å². The maximum Gasteiger partial charge on any atom is 0.172 e. The maximum atomic E-state index is 13.7. The van der Waals surface area contributed by atoms with E-state index in [2.05, 4.69) is 20.8 Å². The van der Waals surface area contributed by atoms with Crippen LogP contribution in [0.3, 0.4) is 0 Å². The number of hydrogen-bond acceptors (Lipinski definition) is 3. The van der Waals surface area contributed by atoms with Crippen LogP contribution in [-0.4, -0.2) is 24.7 Å². The third-order valence-corrected chi connectivity index (χ3v) is 4.26. The standard InChI is InChI=1S/C17H18ClFN6S/c1-2-24-11-13(18)15(22-24)9-20-17(26)21-16-7-8-25(23-16)10-12-5-3-4-6-14(12)19/h3-8,11H,2,9-10H2,1H3,(H2,20,21,23,26). The molecule has 0 saturated heterocycles. The normalized spacial score (nSPS) is 10.7. The van der Waals surface area contributed by atoms with Gasteiger partial charge in [0.1, 0.15) is 11.5 Å². The SMILES string of the molecule is CCn1cc(Cl)c(CNC(=S)Nc2ccn(Cc3ccccc3F)n2)n1. The number of anilines is 1. The van der Waals surface area contributed by atoms with Gasteiger partial charge in [-0.3, -0.25) is 9.36 Å². The van der Waals surface area contributed by atoms with Gasteiger partial charge in [0.25, 0.3) is 0 Å². The Kier molecular flexibility index (Phi) is 5.85. The molecule has 0 aliphatic heterocycles. The quantitative estimate of drug-likeness (QED) is 0.629. The van der Waals surface area contributed by atoms with Gasteiger partial charge in [-0.05, 0) is 25.2 Å². The Morgan fingerprint density at radius 2 is 2.04 bits per heavy atom. The number of rotatable bonds is 6. The molecule has 9 heteroatoms. The average molecular weight is 393 g/mol. The van der Waals surface area contributed by atoms with Gasteiger partial charge in [-0.25, -0.2) is 4.39 Å². The molecule has 0 aliphatic carbocycles. The molecular weight excluding hydrogens is 375 g/mol. The highest BCUT2D eigenvalue weighted by Crippen LogP contribution is 2.14. The summed E-state index contributed by atoms with van der Waals surface area (Å²) in [6.07, 6.45) is 3.54. The molecule has 2 aromatic heterocycles. The zero-order chi connectivity index (χ0) is 18.5. The summed E-state index contributed by atoms with van der Waals surface area (Å²) in [6, 6.07) is 8.39. The van der Waals surface area contributed by atoms with Gasteiger partial charge in [-0.15, -0.1) is 0 Å². The second-order valence-electron chi connectivity index (χ2n) is 5.58. The second kappa shape index (κ2) is 8.29. The molecule has 0 saturated carbocycles. The number of nitrogens with one attached hydrogen (secondary N) is 2. The van der Waals surface area contributed by atoms with Crippen LogP contribution in [0.2, 0.25) is 5.02 Å². The van der Waals surface area contributed by atoms with Gasteiger partial charge >= 0.3 is 0 Å². The smallest absolute Gasteiger partial charge is 0.172 e. The van der Waals surface area contributed by atoms with Crippen molar-refractivity contribution in [3.05, 3.63) is 64.8 Å². The van der Waals surface area contributed by atoms with Crippen LogP contribution in [0.1, 0.15) is 18.2 Å². The van der Waals surface area contributed by atoms with Crippen molar-refractivity contribution in [3.63, 3.8) is 0 Å². The van der Waals surface area contributed by atoms with E-state index in [0.717, 1.165) is 12.2 Å². The van der Waals surface area contributed by atoms with E-state index in [4.69, 9.17) is 23.8 Å². The lowest BCUT2D eigenvalue weighted by Gasteiger charge is -2.07. The van der Waals surface area contributed by atoms with Gasteiger partial charge in [-0.2, -0.15) is 10.2 Å². The van der Waals surface area contributed by atoms with Crippen molar-refractivity contribution in [2.75, 3.05) is 5.32 Å². The topological polar surface area (TPSA) is 59.7 Å². The monoisotopic (exact) mass is 392 g/mol. The van der Waals surface area contributed by atoms with Crippen LogP contribution in [0.4, 0.5) is 10.2 Å². The van der Waals surface area contributed by atoms with E-state index in [1.807, 2.05) is 6.92 Å². The Morgan fingerprint density at radius 1 is 1.23 bits per heavy atom. The lowest BCUT2D eigenvalue weighted by molar-refractivity contribution is 0.586. The zero-order valence-corrected chi connectivity index (χ0v) is 15.7. The summed E-state index contributed by atoms with van der Waals surface area (Å²) in [4.78, 5) is 0. The van der Waals surface area contributed by atoms with Crippen LogP contribution in [0.5, 0.6) is 0 Å². The molecule has 0 unspecified atom stereocenters. The molecule has 2 N–H and O–H groups in total. The highest BCUT2D eigenvalue weighted by Gasteiger charge is 2.08. The molecule has 0 spiro atoms. The van der Waals surface area contributed by atoms with E-state index in [-0.39, 0.29) is 5.82 Å². The number of thiocarbonyl (C=S) groups is 1. The van der Waals surface area contributed by atoms with E-state index >= 15 is 0 Å². The Morgan fingerprint density at radius 3 is 2.77 bits per heavy atom. The minimum Gasteiger partial charge on any atom is -0.357 e.